The third kappa shape index (κ3) is 17.0. The zero-order valence-corrected chi connectivity index (χ0v) is 16.1. The van der Waals surface area contributed by atoms with Crippen LogP contribution in [-0.2, 0) is 23.9 Å². The van der Waals surface area contributed by atoms with Crippen molar-refractivity contribution in [2.45, 2.75) is 84.0 Å². The molecule has 26 heavy (non-hydrogen) atoms. The number of carbonyl (C=O) groups excluding carboxylic acids is 2. The lowest BCUT2D eigenvalue weighted by atomic mass is 10.1. The molecule has 0 amide bonds. The number of rotatable bonds is 17. The lowest BCUT2D eigenvalue weighted by Crippen LogP contribution is -2.07. The Hall–Kier alpha value is -1.85. The van der Waals surface area contributed by atoms with Crippen LogP contribution in [-0.4, -0.2) is 36.2 Å². The second kappa shape index (κ2) is 16.6. The zero-order chi connectivity index (χ0) is 19.6. The van der Waals surface area contributed by atoms with E-state index in [1.165, 1.54) is 0 Å². The predicted octanol–water partition coefficient (Wildman–Crippen LogP) is 4.41. The van der Waals surface area contributed by atoms with Crippen molar-refractivity contribution in [2.75, 3.05) is 13.2 Å². The van der Waals surface area contributed by atoms with Gasteiger partial charge in [0.2, 0.25) is 0 Å². The molecule has 0 atom stereocenters. The van der Waals surface area contributed by atoms with Crippen LogP contribution in [0.5, 0.6) is 0 Å². The molecule has 0 unspecified atom stereocenters. The minimum atomic E-state index is -0.737. The number of hydrogen-bond acceptors (Lipinski definition) is 5. The van der Waals surface area contributed by atoms with Crippen molar-refractivity contribution in [1.29, 1.82) is 0 Å². The Morgan fingerprint density at radius 2 is 1.19 bits per heavy atom. The van der Waals surface area contributed by atoms with Gasteiger partial charge < -0.3 is 14.6 Å². The van der Waals surface area contributed by atoms with Crippen LogP contribution in [0.15, 0.2) is 12.2 Å². The lowest BCUT2D eigenvalue weighted by molar-refractivity contribution is -0.144. The van der Waals surface area contributed by atoms with Gasteiger partial charge in [-0.05, 0) is 45.4 Å². The normalized spacial score (nSPS) is 10.3. The highest BCUT2D eigenvalue weighted by Crippen LogP contribution is 2.09. The topological polar surface area (TPSA) is 89.9 Å². The Morgan fingerprint density at radius 3 is 1.73 bits per heavy atom. The first-order chi connectivity index (χ1) is 12.4. The molecule has 6 nitrogen and oxygen atoms in total. The molecular formula is C20H34O6. The van der Waals surface area contributed by atoms with E-state index in [0.29, 0.717) is 25.2 Å². The summed E-state index contributed by atoms with van der Waals surface area (Å²) in [6.45, 7) is 5.99. The average Bonchev–Trinajstić information content (AvgIpc) is 2.58. The summed E-state index contributed by atoms with van der Waals surface area (Å²) < 4.78 is 10.2. The fourth-order valence-electron chi connectivity index (χ4n) is 2.36. The number of aliphatic carboxylic acids is 1. The van der Waals surface area contributed by atoms with Crippen molar-refractivity contribution < 1.29 is 29.0 Å². The minimum Gasteiger partial charge on any atom is -0.481 e. The fraction of sp³-hybridized carbons (Fsp3) is 0.750. The molecule has 6 heteroatoms. The molecular weight excluding hydrogens is 336 g/mol. The molecule has 150 valence electrons. The van der Waals surface area contributed by atoms with Crippen LogP contribution >= 0.6 is 0 Å². The molecule has 0 fully saturated rings. The summed E-state index contributed by atoms with van der Waals surface area (Å²) in [6.07, 6.45) is 9.71. The molecule has 0 rings (SSSR count). The van der Waals surface area contributed by atoms with Crippen LogP contribution in [0.1, 0.15) is 84.0 Å². The molecule has 0 aromatic heterocycles. The van der Waals surface area contributed by atoms with E-state index >= 15 is 0 Å². The second-order valence-electron chi connectivity index (χ2n) is 6.57. The first kappa shape index (κ1) is 24.1. The van der Waals surface area contributed by atoms with Gasteiger partial charge in [-0.1, -0.05) is 32.3 Å². The predicted molar refractivity (Wildman–Crippen MR) is 99.8 cm³/mol. The summed E-state index contributed by atoms with van der Waals surface area (Å²) in [5, 5.41) is 8.52. The maximum atomic E-state index is 11.6. The van der Waals surface area contributed by atoms with Crippen LogP contribution in [0.2, 0.25) is 0 Å². The van der Waals surface area contributed by atoms with Gasteiger partial charge in [-0.15, -0.1) is 0 Å². The minimum absolute atomic E-state index is 0.147. The van der Waals surface area contributed by atoms with Gasteiger partial charge >= 0.3 is 17.9 Å². The highest BCUT2D eigenvalue weighted by atomic mass is 16.5. The number of ether oxygens (including phenoxy) is 2. The van der Waals surface area contributed by atoms with E-state index in [0.717, 1.165) is 64.2 Å². The molecule has 0 radical (unpaired) electrons. The summed E-state index contributed by atoms with van der Waals surface area (Å²) in [4.78, 5) is 33.1. The molecule has 0 spiro atoms. The van der Waals surface area contributed by atoms with Crippen LogP contribution in [0.25, 0.3) is 0 Å². The van der Waals surface area contributed by atoms with Gasteiger partial charge in [-0.3, -0.25) is 9.59 Å². The Labute approximate surface area is 156 Å². The number of carbonyl (C=O) groups is 3. The summed E-state index contributed by atoms with van der Waals surface area (Å²) in [6, 6.07) is 0. The van der Waals surface area contributed by atoms with Gasteiger partial charge in [-0.25, -0.2) is 4.79 Å². The van der Waals surface area contributed by atoms with Crippen LogP contribution in [0, 0.1) is 0 Å². The molecule has 0 aromatic carbocycles. The third-order valence-corrected chi connectivity index (χ3v) is 3.90. The Kier molecular flexibility index (Phi) is 15.4. The maximum absolute atomic E-state index is 11.6. The number of hydrogen-bond donors (Lipinski definition) is 1. The molecule has 0 saturated heterocycles. The van der Waals surface area contributed by atoms with E-state index in [2.05, 4.69) is 6.58 Å². The van der Waals surface area contributed by atoms with E-state index < -0.39 is 5.97 Å². The molecule has 0 saturated carbocycles. The Bertz CT molecular complexity index is 430. The van der Waals surface area contributed by atoms with Crippen molar-refractivity contribution in [2.24, 2.45) is 0 Å². The van der Waals surface area contributed by atoms with E-state index in [-0.39, 0.29) is 18.4 Å². The van der Waals surface area contributed by atoms with E-state index in [4.69, 9.17) is 14.6 Å². The van der Waals surface area contributed by atoms with Crippen LogP contribution in [0.3, 0.4) is 0 Å². The maximum Gasteiger partial charge on any atom is 0.333 e. The second-order valence-corrected chi connectivity index (χ2v) is 6.57. The lowest BCUT2D eigenvalue weighted by Gasteiger charge is -2.06. The molecule has 1 N–H and O–H groups in total. The Balaban J connectivity index is 3.28. The quantitative estimate of drug-likeness (QED) is 0.232. The smallest absolute Gasteiger partial charge is 0.333 e. The van der Waals surface area contributed by atoms with Gasteiger partial charge in [0, 0.05) is 18.4 Å². The van der Waals surface area contributed by atoms with Gasteiger partial charge in [0.1, 0.15) is 0 Å². The van der Waals surface area contributed by atoms with Gasteiger partial charge in [0.05, 0.1) is 13.2 Å². The number of esters is 2. The third-order valence-electron chi connectivity index (χ3n) is 3.90. The molecule has 0 aliphatic carbocycles. The highest BCUT2D eigenvalue weighted by Gasteiger charge is 2.04. The first-order valence-electron chi connectivity index (χ1n) is 9.63. The van der Waals surface area contributed by atoms with Crippen molar-refractivity contribution in [3.05, 3.63) is 12.2 Å². The summed E-state index contributed by atoms with van der Waals surface area (Å²) in [7, 11) is 0. The van der Waals surface area contributed by atoms with Crippen LogP contribution in [0.4, 0.5) is 0 Å². The summed E-state index contributed by atoms with van der Waals surface area (Å²) >= 11 is 0. The van der Waals surface area contributed by atoms with Crippen molar-refractivity contribution in [1.82, 2.24) is 0 Å². The summed E-state index contributed by atoms with van der Waals surface area (Å²) in [5.41, 5.74) is 0.412. The SMILES string of the molecule is C=C(C)C(=O)OCCCCCCOC(=O)CCCCCCCCC(=O)O. The van der Waals surface area contributed by atoms with Gasteiger partial charge in [0.15, 0.2) is 0 Å². The van der Waals surface area contributed by atoms with Gasteiger partial charge in [0.25, 0.3) is 0 Å². The Morgan fingerprint density at radius 1 is 0.731 bits per heavy atom. The molecule has 0 aliphatic rings. The average molecular weight is 370 g/mol. The highest BCUT2D eigenvalue weighted by molar-refractivity contribution is 5.86. The number of unbranched alkanes of at least 4 members (excludes halogenated alkanes) is 8. The standard InChI is InChI=1S/C20H34O6/c1-17(2)20(24)26-16-12-8-7-11-15-25-19(23)14-10-6-4-3-5-9-13-18(21)22/h1,3-16H2,2H3,(H,21,22). The van der Waals surface area contributed by atoms with E-state index in [9.17, 15) is 14.4 Å². The summed E-state index contributed by atoms with van der Waals surface area (Å²) in [5.74, 6) is -1.23. The van der Waals surface area contributed by atoms with E-state index in [1.807, 2.05) is 0 Å². The number of carboxylic acid groups (broad SMARTS) is 1. The largest absolute Gasteiger partial charge is 0.481 e. The molecule has 0 heterocycles. The molecule has 0 aromatic rings. The fourth-order valence-corrected chi connectivity index (χ4v) is 2.36. The van der Waals surface area contributed by atoms with Crippen molar-refractivity contribution in [3.63, 3.8) is 0 Å². The first-order valence-corrected chi connectivity index (χ1v) is 9.63. The zero-order valence-electron chi connectivity index (χ0n) is 16.1. The van der Waals surface area contributed by atoms with Crippen molar-refractivity contribution >= 4 is 17.9 Å². The monoisotopic (exact) mass is 370 g/mol. The van der Waals surface area contributed by atoms with Crippen molar-refractivity contribution in [3.8, 4) is 0 Å². The molecule has 0 aliphatic heterocycles. The van der Waals surface area contributed by atoms with Gasteiger partial charge in [-0.2, -0.15) is 0 Å². The number of carboxylic acids is 1. The van der Waals surface area contributed by atoms with E-state index in [1.54, 1.807) is 6.92 Å². The molecule has 0 bridgehead atoms. The van der Waals surface area contributed by atoms with Crippen LogP contribution < -0.4 is 0 Å².